The van der Waals surface area contributed by atoms with Crippen LogP contribution in [0.2, 0.25) is 5.02 Å². The summed E-state index contributed by atoms with van der Waals surface area (Å²) in [6.45, 7) is 2.78. The number of halogens is 1. The van der Waals surface area contributed by atoms with Crippen molar-refractivity contribution in [2.75, 3.05) is 11.9 Å². The number of urea groups is 1. The summed E-state index contributed by atoms with van der Waals surface area (Å²) in [6.07, 6.45) is 3.37. The van der Waals surface area contributed by atoms with Crippen molar-refractivity contribution in [3.63, 3.8) is 0 Å². The first-order valence-corrected chi connectivity index (χ1v) is 6.91. The van der Waals surface area contributed by atoms with Gasteiger partial charge in [-0.05, 0) is 42.9 Å². The molecule has 0 aliphatic heterocycles. The molecule has 1 saturated carbocycles. The van der Waals surface area contributed by atoms with E-state index in [0.29, 0.717) is 12.2 Å². The second kappa shape index (κ2) is 5.71. The monoisotopic (exact) mass is 296 g/mol. The maximum absolute atomic E-state index is 11.8. The summed E-state index contributed by atoms with van der Waals surface area (Å²) in [5.41, 5.74) is 0.765. The van der Waals surface area contributed by atoms with Crippen molar-refractivity contribution in [3.8, 4) is 0 Å². The van der Waals surface area contributed by atoms with Crippen molar-refractivity contribution in [2.45, 2.75) is 26.2 Å². The number of hydrogen-bond donors (Lipinski definition) is 3. The molecule has 0 aromatic heterocycles. The van der Waals surface area contributed by atoms with Gasteiger partial charge in [0.25, 0.3) is 0 Å². The van der Waals surface area contributed by atoms with Crippen LogP contribution in [0.3, 0.4) is 0 Å². The number of rotatable bonds is 5. The van der Waals surface area contributed by atoms with E-state index in [1.807, 2.05) is 0 Å². The summed E-state index contributed by atoms with van der Waals surface area (Å²) in [6, 6.07) is 4.01. The zero-order chi connectivity index (χ0) is 14.8. The molecule has 0 unspecified atom stereocenters. The predicted octanol–water partition coefficient (Wildman–Crippen LogP) is 3.35. The van der Waals surface area contributed by atoms with Crippen LogP contribution < -0.4 is 10.6 Å². The molecular weight excluding hydrogens is 280 g/mol. The van der Waals surface area contributed by atoms with Gasteiger partial charge in [-0.15, -0.1) is 0 Å². The van der Waals surface area contributed by atoms with E-state index in [2.05, 4.69) is 17.6 Å². The molecule has 1 fully saturated rings. The predicted molar refractivity (Wildman–Crippen MR) is 77.4 cm³/mol. The summed E-state index contributed by atoms with van der Waals surface area (Å²) in [4.78, 5) is 22.6. The second-order valence-corrected chi connectivity index (χ2v) is 5.57. The molecule has 1 aliphatic rings. The molecule has 2 amide bonds. The standard InChI is InChI=1S/C14H17ClN2O3/c1-2-14(5-6-14)8-16-13(20)17-9-3-4-10(12(18)19)11(15)7-9/h3-4,7H,2,5-6,8H2,1H3,(H,18,19)(H2,16,17,20). The number of amides is 2. The fraction of sp³-hybridized carbons (Fsp3) is 0.429. The van der Waals surface area contributed by atoms with Gasteiger partial charge in [0, 0.05) is 12.2 Å². The number of nitrogens with one attached hydrogen (secondary N) is 2. The summed E-state index contributed by atoms with van der Waals surface area (Å²) >= 11 is 5.84. The van der Waals surface area contributed by atoms with Crippen LogP contribution in [-0.2, 0) is 0 Å². The SMILES string of the molecule is CCC1(CNC(=O)Nc2ccc(C(=O)O)c(Cl)c2)CC1. The molecular formula is C14H17ClN2O3. The Bertz CT molecular complexity index is 541. The molecule has 0 heterocycles. The van der Waals surface area contributed by atoms with Gasteiger partial charge in [-0.25, -0.2) is 9.59 Å². The average molecular weight is 297 g/mol. The van der Waals surface area contributed by atoms with Gasteiger partial charge in [0.05, 0.1) is 10.6 Å². The number of anilines is 1. The topological polar surface area (TPSA) is 78.4 Å². The summed E-state index contributed by atoms with van der Waals surface area (Å²) < 4.78 is 0. The molecule has 3 N–H and O–H groups in total. The van der Waals surface area contributed by atoms with Crippen molar-refractivity contribution in [1.29, 1.82) is 0 Å². The lowest BCUT2D eigenvalue weighted by Gasteiger charge is -2.14. The maximum atomic E-state index is 11.8. The van der Waals surface area contributed by atoms with E-state index in [-0.39, 0.29) is 22.0 Å². The molecule has 0 spiro atoms. The second-order valence-electron chi connectivity index (χ2n) is 5.16. The van der Waals surface area contributed by atoms with E-state index < -0.39 is 5.97 Å². The van der Waals surface area contributed by atoms with Crippen LogP contribution in [0.5, 0.6) is 0 Å². The zero-order valence-corrected chi connectivity index (χ0v) is 12.0. The van der Waals surface area contributed by atoms with E-state index >= 15 is 0 Å². The molecule has 1 aromatic carbocycles. The number of carbonyl (C=O) groups is 2. The van der Waals surface area contributed by atoms with E-state index in [0.717, 1.165) is 19.3 Å². The third kappa shape index (κ3) is 3.42. The number of benzene rings is 1. The molecule has 5 nitrogen and oxygen atoms in total. The highest BCUT2D eigenvalue weighted by molar-refractivity contribution is 6.33. The third-order valence-corrected chi connectivity index (χ3v) is 4.10. The minimum absolute atomic E-state index is 0.0144. The number of carboxylic acids is 1. The molecule has 20 heavy (non-hydrogen) atoms. The first kappa shape index (κ1) is 14.7. The molecule has 1 aliphatic carbocycles. The lowest BCUT2D eigenvalue weighted by Crippen LogP contribution is -2.33. The Labute approximate surface area is 122 Å². The quantitative estimate of drug-likeness (QED) is 0.779. The van der Waals surface area contributed by atoms with E-state index in [9.17, 15) is 9.59 Å². The zero-order valence-electron chi connectivity index (χ0n) is 11.2. The van der Waals surface area contributed by atoms with Crippen LogP contribution >= 0.6 is 11.6 Å². The lowest BCUT2D eigenvalue weighted by molar-refractivity contribution is 0.0697. The van der Waals surface area contributed by atoms with E-state index in [1.54, 1.807) is 0 Å². The number of carbonyl (C=O) groups excluding carboxylic acids is 1. The van der Waals surface area contributed by atoms with Gasteiger partial charge in [-0.2, -0.15) is 0 Å². The maximum Gasteiger partial charge on any atom is 0.337 e. The Morgan fingerprint density at radius 2 is 2.10 bits per heavy atom. The van der Waals surface area contributed by atoms with Crippen molar-refractivity contribution < 1.29 is 14.7 Å². The number of carboxylic acid groups (broad SMARTS) is 1. The summed E-state index contributed by atoms with van der Waals surface area (Å²) in [7, 11) is 0. The van der Waals surface area contributed by atoms with Crippen LogP contribution in [0.4, 0.5) is 10.5 Å². The Hall–Kier alpha value is -1.75. The highest BCUT2D eigenvalue weighted by atomic mass is 35.5. The molecule has 2 rings (SSSR count). The Morgan fingerprint density at radius 1 is 1.40 bits per heavy atom. The Kier molecular flexibility index (Phi) is 4.18. The van der Waals surface area contributed by atoms with Crippen LogP contribution in [-0.4, -0.2) is 23.7 Å². The van der Waals surface area contributed by atoms with Crippen LogP contribution in [0.15, 0.2) is 18.2 Å². The highest BCUT2D eigenvalue weighted by Crippen LogP contribution is 2.47. The first-order valence-electron chi connectivity index (χ1n) is 6.53. The normalized spacial score (nSPS) is 15.5. The fourth-order valence-electron chi connectivity index (χ4n) is 2.04. The summed E-state index contributed by atoms with van der Waals surface area (Å²) in [5, 5.41) is 14.4. The largest absolute Gasteiger partial charge is 0.478 e. The molecule has 0 atom stereocenters. The van der Waals surface area contributed by atoms with Crippen molar-refractivity contribution >= 4 is 29.3 Å². The summed E-state index contributed by atoms with van der Waals surface area (Å²) in [5.74, 6) is -1.09. The van der Waals surface area contributed by atoms with Crippen LogP contribution in [0.1, 0.15) is 36.5 Å². The minimum atomic E-state index is -1.09. The molecule has 108 valence electrons. The Balaban J connectivity index is 1.91. The minimum Gasteiger partial charge on any atom is -0.478 e. The average Bonchev–Trinajstić information content (AvgIpc) is 3.17. The molecule has 0 radical (unpaired) electrons. The van der Waals surface area contributed by atoms with Crippen LogP contribution in [0.25, 0.3) is 0 Å². The molecule has 0 saturated heterocycles. The van der Waals surface area contributed by atoms with Crippen molar-refractivity contribution in [1.82, 2.24) is 5.32 Å². The van der Waals surface area contributed by atoms with Gasteiger partial charge < -0.3 is 15.7 Å². The van der Waals surface area contributed by atoms with Gasteiger partial charge in [0.2, 0.25) is 0 Å². The molecule has 0 bridgehead atoms. The van der Waals surface area contributed by atoms with Gasteiger partial charge in [-0.1, -0.05) is 18.5 Å². The van der Waals surface area contributed by atoms with Crippen LogP contribution in [0, 0.1) is 5.41 Å². The van der Waals surface area contributed by atoms with Crippen molar-refractivity contribution in [3.05, 3.63) is 28.8 Å². The smallest absolute Gasteiger partial charge is 0.337 e. The lowest BCUT2D eigenvalue weighted by atomic mass is 10.0. The third-order valence-electron chi connectivity index (χ3n) is 3.79. The van der Waals surface area contributed by atoms with Gasteiger partial charge >= 0.3 is 12.0 Å². The number of aromatic carboxylic acids is 1. The fourth-order valence-corrected chi connectivity index (χ4v) is 2.30. The van der Waals surface area contributed by atoms with Crippen molar-refractivity contribution in [2.24, 2.45) is 5.41 Å². The molecule has 1 aromatic rings. The Morgan fingerprint density at radius 3 is 2.60 bits per heavy atom. The van der Waals surface area contributed by atoms with E-state index in [1.165, 1.54) is 18.2 Å². The van der Waals surface area contributed by atoms with Gasteiger partial charge in [0.15, 0.2) is 0 Å². The highest BCUT2D eigenvalue weighted by Gasteiger charge is 2.40. The van der Waals surface area contributed by atoms with Gasteiger partial charge in [0.1, 0.15) is 0 Å². The molecule has 6 heteroatoms. The number of hydrogen-bond acceptors (Lipinski definition) is 2. The first-order chi connectivity index (χ1) is 9.46. The van der Waals surface area contributed by atoms with E-state index in [4.69, 9.17) is 16.7 Å². The van der Waals surface area contributed by atoms with Gasteiger partial charge in [-0.3, -0.25) is 0 Å².